The molecule has 1 rings (SSSR count). The van der Waals surface area contributed by atoms with Crippen LogP contribution in [0.5, 0.6) is 0 Å². The summed E-state index contributed by atoms with van der Waals surface area (Å²) in [6.07, 6.45) is 5.08. The summed E-state index contributed by atoms with van der Waals surface area (Å²) >= 11 is 0. The summed E-state index contributed by atoms with van der Waals surface area (Å²) in [6.45, 7) is 9.61. The van der Waals surface area contributed by atoms with Crippen LogP contribution in [0.25, 0.3) is 0 Å². The lowest BCUT2D eigenvalue weighted by atomic mass is 9.86. The minimum Gasteiger partial charge on any atom is -0.383 e. The fourth-order valence-corrected chi connectivity index (χ4v) is 2.87. The molecule has 2 heteroatoms. The molecule has 0 radical (unpaired) electrons. The predicted octanol–water partition coefficient (Wildman–Crippen LogP) is 4.22. The van der Waals surface area contributed by atoms with Gasteiger partial charge in [0.2, 0.25) is 0 Å². The van der Waals surface area contributed by atoms with Gasteiger partial charge in [0.25, 0.3) is 0 Å². The summed E-state index contributed by atoms with van der Waals surface area (Å²) in [5.41, 5.74) is 2.80. The standard InChI is InChI=1S/C19H33NO/c1-5-17(6-2)13-19(15-20-11-12-21-4)14-18-9-7-16(3)8-10-18/h7-10,17,19-20H,5-6,11-15H2,1-4H3. The van der Waals surface area contributed by atoms with Crippen LogP contribution >= 0.6 is 0 Å². The maximum atomic E-state index is 5.12. The fourth-order valence-electron chi connectivity index (χ4n) is 2.87. The molecule has 0 heterocycles. The Labute approximate surface area is 131 Å². The largest absolute Gasteiger partial charge is 0.383 e. The topological polar surface area (TPSA) is 21.3 Å². The van der Waals surface area contributed by atoms with Gasteiger partial charge >= 0.3 is 0 Å². The Kier molecular flexibility index (Phi) is 9.36. The van der Waals surface area contributed by atoms with E-state index in [-0.39, 0.29) is 0 Å². The maximum absolute atomic E-state index is 5.12. The second kappa shape index (κ2) is 10.8. The number of aryl methyl sites for hydroxylation is 1. The van der Waals surface area contributed by atoms with Gasteiger partial charge in [-0.1, -0.05) is 56.5 Å². The summed E-state index contributed by atoms with van der Waals surface area (Å²) in [6, 6.07) is 9.01. The third-order valence-corrected chi connectivity index (χ3v) is 4.38. The number of hydrogen-bond acceptors (Lipinski definition) is 2. The molecule has 0 aliphatic rings. The molecule has 0 saturated carbocycles. The monoisotopic (exact) mass is 291 g/mol. The van der Waals surface area contributed by atoms with Gasteiger partial charge in [0.05, 0.1) is 6.61 Å². The first kappa shape index (κ1) is 18.2. The van der Waals surface area contributed by atoms with Crippen molar-refractivity contribution in [1.82, 2.24) is 5.32 Å². The molecular formula is C19H33NO. The molecule has 0 spiro atoms. The summed E-state index contributed by atoms with van der Waals surface area (Å²) in [7, 11) is 1.76. The molecule has 0 bridgehead atoms. The second-order valence-corrected chi connectivity index (χ2v) is 6.17. The molecule has 1 N–H and O–H groups in total. The van der Waals surface area contributed by atoms with E-state index in [0.29, 0.717) is 0 Å². The predicted molar refractivity (Wildman–Crippen MR) is 91.8 cm³/mol. The molecular weight excluding hydrogens is 258 g/mol. The van der Waals surface area contributed by atoms with Crippen molar-refractivity contribution in [1.29, 1.82) is 0 Å². The number of hydrogen-bond donors (Lipinski definition) is 1. The molecule has 0 aliphatic carbocycles. The van der Waals surface area contributed by atoms with Crippen molar-refractivity contribution in [3.05, 3.63) is 35.4 Å². The van der Waals surface area contributed by atoms with E-state index >= 15 is 0 Å². The van der Waals surface area contributed by atoms with Crippen LogP contribution in [0.1, 0.15) is 44.2 Å². The van der Waals surface area contributed by atoms with Gasteiger partial charge in [-0.05, 0) is 43.7 Å². The molecule has 0 aromatic heterocycles. The van der Waals surface area contributed by atoms with Crippen molar-refractivity contribution in [2.24, 2.45) is 11.8 Å². The number of benzene rings is 1. The molecule has 1 atom stereocenters. The molecule has 1 unspecified atom stereocenters. The van der Waals surface area contributed by atoms with Crippen LogP contribution < -0.4 is 5.32 Å². The van der Waals surface area contributed by atoms with Crippen LogP contribution in [0.3, 0.4) is 0 Å². The summed E-state index contributed by atoms with van der Waals surface area (Å²) in [5.74, 6) is 1.57. The van der Waals surface area contributed by atoms with Gasteiger partial charge in [0.15, 0.2) is 0 Å². The summed E-state index contributed by atoms with van der Waals surface area (Å²) in [5, 5.41) is 3.55. The van der Waals surface area contributed by atoms with Crippen LogP contribution in [0.4, 0.5) is 0 Å². The molecule has 0 aliphatic heterocycles. The highest BCUT2D eigenvalue weighted by molar-refractivity contribution is 5.21. The molecule has 2 nitrogen and oxygen atoms in total. The Morgan fingerprint density at radius 3 is 2.29 bits per heavy atom. The average molecular weight is 291 g/mol. The minimum atomic E-state index is 0.717. The van der Waals surface area contributed by atoms with E-state index in [1.54, 1.807) is 7.11 Å². The third kappa shape index (κ3) is 7.63. The van der Waals surface area contributed by atoms with Crippen LogP contribution in [-0.2, 0) is 11.2 Å². The lowest BCUT2D eigenvalue weighted by molar-refractivity contribution is 0.196. The lowest BCUT2D eigenvalue weighted by Crippen LogP contribution is -2.28. The van der Waals surface area contributed by atoms with E-state index in [9.17, 15) is 0 Å². The zero-order valence-electron chi connectivity index (χ0n) is 14.3. The van der Waals surface area contributed by atoms with E-state index in [4.69, 9.17) is 4.74 Å². The number of methoxy groups -OCH3 is 1. The maximum Gasteiger partial charge on any atom is 0.0587 e. The highest BCUT2D eigenvalue weighted by atomic mass is 16.5. The van der Waals surface area contributed by atoms with E-state index in [0.717, 1.165) is 31.5 Å². The SMILES string of the molecule is CCC(CC)CC(CNCCOC)Cc1ccc(C)cc1. The highest BCUT2D eigenvalue weighted by Gasteiger charge is 2.14. The van der Waals surface area contributed by atoms with Gasteiger partial charge in [0.1, 0.15) is 0 Å². The van der Waals surface area contributed by atoms with Crippen LogP contribution in [0, 0.1) is 18.8 Å². The molecule has 0 amide bonds. The van der Waals surface area contributed by atoms with Gasteiger partial charge in [-0.2, -0.15) is 0 Å². The van der Waals surface area contributed by atoms with Crippen molar-refractivity contribution < 1.29 is 4.74 Å². The van der Waals surface area contributed by atoms with Crippen LogP contribution in [0.2, 0.25) is 0 Å². The van der Waals surface area contributed by atoms with Gasteiger partial charge in [-0.15, -0.1) is 0 Å². The first-order valence-electron chi connectivity index (χ1n) is 8.44. The van der Waals surface area contributed by atoms with Crippen LogP contribution in [-0.4, -0.2) is 26.8 Å². The van der Waals surface area contributed by atoms with Crippen molar-refractivity contribution in [3.8, 4) is 0 Å². The number of rotatable bonds is 11. The average Bonchev–Trinajstić information content (AvgIpc) is 2.51. The summed E-state index contributed by atoms with van der Waals surface area (Å²) < 4.78 is 5.12. The smallest absolute Gasteiger partial charge is 0.0587 e. The van der Waals surface area contributed by atoms with Crippen molar-refractivity contribution >= 4 is 0 Å². The second-order valence-electron chi connectivity index (χ2n) is 6.17. The van der Waals surface area contributed by atoms with Gasteiger partial charge in [0, 0.05) is 13.7 Å². The molecule has 1 aromatic rings. The zero-order valence-corrected chi connectivity index (χ0v) is 14.3. The quantitative estimate of drug-likeness (QED) is 0.616. The Morgan fingerprint density at radius 2 is 1.71 bits per heavy atom. The molecule has 21 heavy (non-hydrogen) atoms. The number of nitrogens with one attached hydrogen (secondary N) is 1. The van der Waals surface area contributed by atoms with Crippen LogP contribution in [0.15, 0.2) is 24.3 Å². The normalized spacial score (nSPS) is 12.8. The fraction of sp³-hybridized carbons (Fsp3) is 0.684. The van der Waals surface area contributed by atoms with Gasteiger partial charge < -0.3 is 10.1 Å². The third-order valence-electron chi connectivity index (χ3n) is 4.38. The van der Waals surface area contributed by atoms with Gasteiger partial charge in [-0.3, -0.25) is 0 Å². The van der Waals surface area contributed by atoms with E-state index in [1.165, 1.54) is 36.8 Å². The van der Waals surface area contributed by atoms with E-state index in [1.807, 2.05) is 0 Å². The molecule has 1 aromatic carbocycles. The first-order valence-corrected chi connectivity index (χ1v) is 8.44. The van der Waals surface area contributed by atoms with Crippen molar-refractivity contribution in [2.75, 3.05) is 26.8 Å². The van der Waals surface area contributed by atoms with Crippen molar-refractivity contribution in [2.45, 2.75) is 46.5 Å². The Balaban J connectivity index is 2.54. The molecule has 0 fully saturated rings. The highest BCUT2D eigenvalue weighted by Crippen LogP contribution is 2.22. The first-order chi connectivity index (χ1) is 10.2. The van der Waals surface area contributed by atoms with Crippen molar-refractivity contribution in [3.63, 3.8) is 0 Å². The Bertz CT molecular complexity index is 356. The summed E-state index contributed by atoms with van der Waals surface area (Å²) in [4.78, 5) is 0. The zero-order chi connectivity index (χ0) is 15.5. The Hall–Kier alpha value is -0.860. The Morgan fingerprint density at radius 1 is 1.05 bits per heavy atom. The lowest BCUT2D eigenvalue weighted by Gasteiger charge is -2.22. The minimum absolute atomic E-state index is 0.717. The molecule has 0 saturated heterocycles. The number of ether oxygens (including phenoxy) is 1. The van der Waals surface area contributed by atoms with E-state index < -0.39 is 0 Å². The molecule has 120 valence electrons. The van der Waals surface area contributed by atoms with Gasteiger partial charge in [-0.25, -0.2) is 0 Å². The van der Waals surface area contributed by atoms with E-state index in [2.05, 4.69) is 50.4 Å².